The molecule has 2 N–H and O–H groups in total. The smallest absolute Gasteiger partial charge is 0.326 e. The fourth-order valence-corrected chi connectivity index (χ4v) is 1.69. The Hall–Kier alpha value is -1.85. The minimum atomic E-state index is -1.01. The second kappa shape index (κ2) is 6.18. The van der Waals surface area contributed by atoms with Crippen molar-refractivity contribution >= 4 is 11.9 Å². The molecule has 0 aliphatic rings. The average molecular weight is 253 g/mol. The van der Waals surface area contributed by atoms with Gasteiger partial charge in [-0.3, -0.25) is 9.48 Å². The number of carboxylic acids is 1. The highest BCUT2D eigenvalue weighted by Crippen LogP contribution is 2.05. The third-order valence-corrected chi connectivity index (χ3v) is 2.71. The zero-order valence-corrected chi connectivity index (χ0v) is 10.9. The van der Waals surface area contributed by atoms with E-state index in [0.717, 1.165) is 12.1 Å². The van der Waals surface area contributed by atoms with Gasteiger partial charge in [-0.15, -0.1) is 0 Å². The van der Waals surface area contributed by atoms with E-state index in [0.29, 0.717) is 18.5 Å². The Morgan fingerprint density at radius 1 is 1.50 bits per heavy atom. The van der Waals surface area contributed by atoms with Crippen molar-refractivity contribution in [2.75, 3.05) is 0 Å². The number of rotatable bonds is 6. The van der Waals surface area contributed by atoms with Crippen LogP contribution in [0.3, 0.4) is 0 Å². The van der Waals surface area contributed by atoms with Crippen molar-refractivity contribution < 1.29 is 14.7 Å². The molecule has 1 heterocycles. The summed E-state index contributed by atoms with van der Waals surface area (Å²) < 4.78 is 1.47. The number of hydrogen-bond acceptors (Lipinski definition) is 3. The van der Waals surface area contributed by atoms with Gasteiger partial charge >= 0.3 is 5.97 Å². The summed E-state index contributed by atoms with van der Waals surface area (Å²) in [5, 5.41) is 15.7. The monoisotopic (exact) mass is 253 g/mol. The first-order valence-corrected chi connectivity index (χ1v) is 6.06. The highest BCUT2D eigenvalue weighted by atomic mass is 16.4. The Kier molecular flexibility index (Phi) is 4.88. The van der Waals surface area contributed by atoms with Gasteiger partial charge in [0.15, 0.2) is 0 Å². The van der Waals surface area contributed by atoms with E-state index in [9.17, 15) is 9.59 Å². The molecule has 0 aliphatic heterocycles. The molecule has 1 aromatic rings. The number of carbonyl (C=O) groups is 2. The highest BCUT2D eigenvalue weighted by Gasteiger charge is 2.21. The SMILES string of the molecule is CCC[C@H](NC(=O)c1cc(CC)nn1C)C(=O)O. The summed E-state index contributed by atoms with van der Waals surface area (Å²) in [6.07, 6.45) is 1.85. The summed E-state index contributed by atoms with van der Waals surface area (Å²) in [4.78, 5) is 22.9. The molecule has 18 heavy (non-hydrogen) atoms. The van der Waals surface area contributed by atoms with Crippen LogP contribution in [0.2, 0.25) is 0 Å². The topological polar surface area (TPSA) is 84.2 Å². The van der Waals surface area contributed by atoms with E-state index in [1.54, 1.807) is 13.1 Å². The Morgan fingerprint density at radius 2 is 2.17 bits per heavy atom. The van der Waals surface area contributed by atoms with E-state index in [1.807, 2.05) is 13.8 Å². The van der Waals surface area contributed by atoms with Gasteiger partial charge in [0.25, 0.3) is 5.91 Å². The van der Waals surface area contributed by atoms with Crippen LogP contribution in [0.5, 0.6) is 0 Å². The van der Waals surface area contributed by atoms with Gasteiger partial charge in [0.2, 0.25) is 0 Å². The molecule has 0 radical (unpaired) electrons. The van der Waals surface area contributed by atoms with Crippen molar-refractivity contribution in [1.29, 1.82) is 0 Å². The summed E-state index contributed by atoms with van der Waals surface area (Å²) in [6, 6.07) is 0.836. The van der Waals surface area contributed by atoms with Crippen LogP contribution >= 0.6 is 0 Å². The molecule has 0 aromatic carbocycles. The third-order valence-electron chi connectivity index (χ3n) is 2.71. The van der Waals surface area contributed by atoms with Crippen molar-refractivity contribution in [2.24, 2.45) is 7.05 Å². The number of carboxylic acid groups (broad SMARTS) is 1. The summed E-state index contributed by atoms with van der Waals surface area (Å²) in [7, 11) is 1.67. The fraction of sp³-hybridized carbons (Fsp3) is 0.583. The predicted molar refractivity (Wildman–Crippen MR) is 66.4 cm³/mol. The molecular weight excluding hydrogens is 234 g/mol. The lowest BCUT2D eigenvalue weighted by atomic mass is 10.1. The van der Waals surface area contributed by atoms with Crippen LogP contribution in [0.1, 0.15) is 42.9 Å². The second-order valence-electron chi connectivity index (χ2n) is 4.15. The van der Waals surface area contributed by atoms with Crippen LogP contribution < -0.4 is 5.32 Å². The van der Waals surface area contributed by atoms with Crippen LogP contribution in [0, 0.1) is 0 Å². The number of nitrogens with one attached hydrogen (secondary N) is 1. The van der Waals surface area contributed by atoms with Crippen molar-refractivity contribution in [1.82, 2.24) is 15.1 Å². The first-order chi connectivity index (χ1) is 8.49. The number of hydrogen-bond donors (Lipinski definition) is 2. The summed E-state index contributed by atoms with van der Waals surface area (Å²) in [5.41, 5.74) is 1.19. The van der Waals surface area contributed by atoms with Crippen LogP contribution in [-0.4, -0.2) is 32.8 Å². The van der Waals surface area contributed by atoms with Gasteiger partial charge < -0.3 is 10.4 Å². The van der Waals surface area contributed by atoms with E-state index in [4.69, 9.17) is 5.11 Å². The Labute approximate surface area is 106 Å². The van der Waals surface area contributed by atoms with Gasteiger partial charge in [0.05, 0.1) is 5.69 Å². The molecule has 1 rings (SSSR count). The molecule has 6 nitrogen and oxygen atoms in total. The zero-order chi connectivity index (χ0) is 13.7. The first kappa shape index (κ1) is 14.2. The lowest BCUT2D eigenvalue weighted by Crippen LogP contribution is -2.41. The second-order valence-corrected chi connectivity index (χ2v) is 4.15. The van der Waals surface area contributed by atoms with E-state index in [2.05, 4.69) is 10.4 Å². The third kappa shape index (κ3) is 3.32. The van der Waals surface area contributed by atoms with Crippen molar-refractivity contribution in [2.45, 2.75) is 39.2 Å². The summed E-state index contributed by atoms with van der Waals surface area (Å²) >= 11 is 0. The lowest BCUT2D eigenvalue weighted by molar-refractivity contribution is -0.139. The number of aliphatic carboxylic acids is 1. The number of amides is 1. The standard InChI is InChI=1S/C12H19N3O3/c1-4-6-9(12(17)18)13-11(16)10-7-8(5-2)14-15(10)3/h7,9H,4-6H2,1-3H3,(H,13,16)(H,17,18)/t9-/m0/s1. The summed E-state index contributed by atoms with van der Waals surface area (Å²) in [6.45, 7) is 3.82. The Bertz CT molecular complexity index is 440. The zero-order valence-electron chi connectivity index (χ0n) is 10.9. The number of nitrogens with zero attached hydrogens (tertiary/aromatic N) is 2. The maximum Gasteiger partial charge on any atom is 0.326 e. The predicted octanol–water partition coefficient (Wildman–Crippen LogP) is 0.966. The average Bonchev–Trinajstić information content (AvgIpc) is 2.69. The van der Waals surface area contributed by atoms with E-state index < -0.39 is 17.9 Å². The molecular formula is C12H19N3O3. The van der Waals surface area contributed by atoms with Crippen LogP contribution in [0.25, 0.3) is 0 Å². The van der Waals surface area contributed by atoms with Crippen molar-refractivity contribution in [3.8, 4) is 0 Å². The molecule has 0 saturated heterocycles. The molecule has 1 aromatic heterocycles. The van der Waals surface area contributed by atoms with E-state index in [-0.39, 0.29) is 0 Å². The maximum atomic E-state index is 11.9. The molecule has 1 atom stereocenters. The summed E-state index contributed by atoms with van der Waals surface area (Å²) in [5.74, 6) is -1.41. The molecule has 0 fully saturated rings. The number of aryl methyl sites for hydroxylation is 2. The van der Waals surface area contributed by atoms with Gasteiger partial charge in [0.1, 0.15) is 11.7 Å². The van der Waals surface area contributed by atoms with Gasteiger partial charge in [-0.2, -0.15) is 5.10 Å². The first-order valence-electron chi connectivity index (χ1n) is 6.06. The van der Waals surface area contributed by atoms with Crippen LogP contribution in [0.15, 0.2) is 6.07 Å². The number of carbonyl (C=O) groups excluding carboxylic acids is 1. The van der Waals surface area contributed by atoms with Crippen molar-refractivity contribution in [3.05, 3.63) is 17.5 Å². The maximum absolute atomic E-state index is 11.9. The van der Waals surface area contributed by atoms with Gasteiger partial charge in [-0.25, -0.2) is 4.79 Å². The number of aromatic nitrogens is 2. The van der Waals surface area contributed by atoms with Gasteiger partial charge in [-0.05, 0) is 18.9 Å². The molecule has 0 bridgehead atoms. The molecule has 100 valence electrons. The fourth-order valence-electron chi connectivity index (χ4n) is 1.69. The molecule has 0 saturated carbocycles. The van der Waals surface area contributed by atoms with Crippen LogP contribution in [-0.2, 0) is 18.3 Å². The lowest BCUT2D eigenvalue weighted by Gasteiger charge is -2.13. The molecule has 0 spiro atoms. The molecule has 0 aliphatic carbocycles. The van der Waals surface area contributed by atoms with Gasteiger partial charge in [0, 0.05) is 7.05 Å². The Balaban J connectivity index is 2.79. The quantitative estimate of drug-likeness (QED) is 0.791. The highest BCUT2D eigenvalue weighted by molar-refractivity contribution is 5.95. The minimum absolute atomic E-state index is 0.384. The minimum Gasteiger partial charge on any atom is -0.480 e. The van der Waals surface area contributed by atoms with Crippen LogP contribution in [0.4, 0.5) is 0 Å². The van der Waals surface area contributed by atoms with Gasteiger partial charge in [-0.1, -0.05) is 20.3 Å². The molecule has 6 heteroatoms. The van der Waals surface area contributed by atoms with E-state index >= 15 is 0 Å². The Morgan fingerprint density at radius 3 is 2.61 bits per heavy atom. The van der Waals surface area contributed by atoms with Crippen molar-refractivity contribution in [3.63, 3.8) is 0 Å². The largest absolute Gasteiger partial charge is 0.480 e. The van der Waals surface area contributed by atoms with E-state index in [1.165, 1.54) is 4.68 Å². The molecule has 1 amide bonds. The normalized spacial score (nSPS) is 12.2. The molecule has 0 unspecified atom stereocenters.